The molecule has 1 fully saturated rings. The Morgan fingerprint density at radius 3 is 2.42 bits per heavy atom. The lowest BCUT2D eigenvalue weighted by Crippen LogP contribution is -2.32. The highest BCUT2D eigenvalue weighted by atomic mass is 32.2. The number of amidine groups is 1. The number of hydrogen-bond acceptors (Lipinski definition) is 6. The van der Waals surface area contributed by atoms with E-state index in [1.165, 1.54) is 51.9 Å². The lowest BCUT2D eigenvalue weighted by atomic mass is 9.97. The van der Waals surface area contributed by atoms with Crippen LogP contribution in [0, 0.1) is 19.8 Å². The molecule has 0 saturated carbocycles. The first-order chi connectivity index (χ1) is 21.5. The smallest absolute Gasteiger partial charge is 0.406 e. The molecule has 13 heteroatoms. The fraction of sp³-hybridized carbons (Fsp3) is 0.281. The van der Waals surface area contributed by atoms with Gasteiger partial charge < -0.3 is 10.1 Å². The van der Waals surface area contributed by atoms with E-state index < -0.39 is 12.4 Å². The molecule has 1 aromatic heterocycles. The Balaban J connectivity index is 1.11. The lowest BCUT2D eigenvalue weighted by molar-refractivity contribution is -0.274. The summed E-state index contributed by atoms with van der Waals surface area (Å²) in [6, 6.07) is 18.5. The third-order valence-electron chi connectivity index (χ3n) is 7.16. The van der Waals surface area contributed by atoms with Crippen LogP contribution in [0.25, 0.3) is 17.1 Å². The highest BCUT2D eigenvalue weighted by Gasteiger charge is 2.32. The summed E-state index contributed by atoms with van der Waals surface area (Å²) in [6.45, 7) is 6.42. The molecule has 9 nitrogen and oxygen atoms in total. The van der Waals surface area contributed by atoms with Crippen LogP contribution in [0.1, 0.15) is 30.0 Å². The third-order valence-corrected chi connectivity index (χ3v) is 8.09. The minimum Gasteiger partial charge on any atom is -0.406 e. The number of carbonyl (C=O) groups is 2. The quantitative estimate of drug-likeness (QED) is 0.215. The Morgan fingerprint density at radius 2 is 1.76 bits per heavy atom. The van der Waals surface area contributed by atoms with Gasteiger partial charge in [-0.3, -0.25) is 9.69 Å². The Kier molecular flexibility index (Phi) is 9.57. The highest BCUT2D eigenvalue weighted by Crippen LogP contribution is 2.32. The fourth-order valence-corrected chi connectivity index (χ4v) is 5.84. The van der Waals surface area contributed by atoms with Crippen molar-refractivity contribution in [1.82, 2.24) is 20.1 Å². The molecule has 1 N–H and O–H groups in total. The van der Waals surface area contributed by atoms with Gasteiger partial charge in [0, 0.05) is 12.1 Å². The number of anilines is 1. The van der Waals surface area contributed by atoms with E-state index in [9.17, 15) is 22.8 Å². The molecule has 0 radical (unpaired) electrons. The van der Waals surface area contributed by atoms with Crippen LogP contribution in [-0.4, -0.2) is 50.5 Å². The van der Waals surface area contributed by atoms with Gasteiger partial charge >= 0.3 is 12.4 Å². The summed E-state index contributed by atoms with van der Waals surface area (Å²) in [5, 5.41) is 7.68. The van der Waals surface area contributed by atoms with Gasteiger partial charge in [0.1, 0.15) is 12.1 Å². The molecule has 0 bridgehead atoms. The second kappa shape index (κ2) is 13.6. The lowest BCUT2D eigenvalue weighted by Gasteiger charge is -2.20. The zero-order valence-corrected chi connectivity index (χ0v) is 25.7. The summed E-state index contributed by atoms with van der Waals surface area (Å²) in [5.41, 5.74) is 5.12. The van der Waals surface area contributed by atoms with Gasteiger partial charge in [-0.05, 0) is 73.6 Å². The molecule has 3 aromatic carbocycles. The SMILES string of the molecule is Cc1cccc(C)c1N1C(=O)CSC1=NC(=O)NCCC(C)Cc1ccc(-c2ncn(-c3ccc(OC(F)(F)F)cc3)n2)cc1. The van der Waals surface area contributed by atoms with Gasteiger partial charge in [0.05, 0.1) is 17.1 Å². The van der Waals surface area contributed by atoms with Crippen LogP contribution in [0.5, 0.6) is 5.75 Å². The zero-order chi connectivity index (χ0) is 32.1. The van der Waals surface area contributed by atoms with Gasteiger partial charge in [-0.1, -0.05) is 61.2 Å². The standard InChI is InChI=1S/C32H31F3N6O3S/c1-20(15-16-36-30(43)38-31-41(27(42)18-45-31)28-21(2)5-4-6-22(28)3)17-23-7-9-24(10-8-23)29-37-19-40(39-29)25-11-13-26(14-12-25)44-32(33,34)35/h4-14,19-20H,15-18H2,1-3H3,(H,36,43). The Morgan fingerprint density at radius 1 is 1.07 bits per heavy atom. The Bertz CT molecular complexity index is 1680. The van der Waals surface area contributed by atoms with E-state index in [2.05, 4.69) is 32.1 Å². The van der Waals surface area contributed by atoms with E-state index in [-0.39, 0.29) is 23.3 Å². The molecule has 1 atom stereocenters. The number of alkyl halides is 3. The molecule has 45 heavy (non-hydrogen) atoms. The zero-order valence-electron chi connectivity index (χ0n) is 24.8. The van der Waals surface area contributed by atoms with Crippen molar-refractivity contribution < 1.29 is 27.5 Å². The Hall–Kier alpha value is -4.65. The molecule has 5 rings (SSSR count). The number of rotatable bonds is 9. The van der Waals surface area contributed by atoms with Crippen LogP contribution in [-0.2, 0) is 11.2 Å². The predicted molar refractivity (Wildman–Crippen MR) is 168 cm³/mol. The number of amides is 3. The predicted octanol–water partition coefficient (Wildman–Crippen LogP) is 6.86. The van der Waals surface area contributed by atoms with E-state index >= 15 is 0 Å². The van der Waals surface area contributed by atoms with Crippen molar-refractivity contribution in [2.75, 3.05) is 17.2 Å². The van der Waals surface area contributed by atoms with E-state index in [0.29, 0.717) is 23.2 Å². The summed E-state index contributed by atoms with van der Waals surface area (Å²) in [5.74, 6) is 0.590. The maximum absolute atomic E-state index is 12.6. The highest BCUT2D eigenvalue weighted by molar-refractivity contribution is 8.15. The average molecular weight is 637 g/mol. The number of thioether (sulfide) groups is 1. The molecular formula is C32H31F3N6O3S. The number of benzene rings is 3. The number of nitrogens with one attached hydrogen (secondary N) is 1. The van der Waals surface area contributed by atoms with Gasteiger partial charge in [0.15, 0.2) is 11.0 Å². The minimum absolute atomic E-state index is 0.0964. The normalized spacial score (nSPS) is 15.0. The molecular weight excluding hydrogens is 605 g/mol. The summed E-state index contributed by atoms with van der Waals surface area (Å²) in [4.78, 5) is 35.3. The Labute approximate surface area is 262 Å². The van der Waals surface area contributed by atoms with E-state index in [4.69, 9.17) is 0 Å². The van der Waals surface area contributed by atoms with Crippen molar-refractivity contribution in [2.24, 2.45) is 10.9 Å². The van der Waals surface area contributed by atoms with Gasteiger partial charge in [-0.25, -0.2) is 14.5 Å². The number of para-hydroxylation sites is 1. The van der Waals surface area contributed by atoms with Crippen LogP contribution in [0.3, 0.4) is 0 Å². The number of nitrogens with zero attached hydrogens (tertiary/aromatic N) is 5. The van der Waals surface area contributed by atoms with E-state index in [1.807, 2.05) is 56.3 Å². The number of hydrogen-bond donors (Lipinski definition) is 1. The largest absolute Gasteiger partial charge is 0.573 e. The molecule has 2 heterocycles. The summed E-state index contributed by atoms with van der Waals surface area (Å²) < 4.78 is 42.6. The van der Waals surface area contributed by atoms with Gasteiger partial charge in [0.2, 0.25) is 5.91 Å². The molecule has 1 saturated heterocycles. The number of carbonyl (C=O) groups excluding carboxylic acids is 2. The van der Waals surface area contributed by atoms with Crippen molar-refractivity contribution in [2.45, 2.75) is 40.0 Å². The molecule has 1 aliphatic heterocycles. The van der Waals surface area contributed by atoms with E-state index in [0.717, 1.165) is 40.8 Å². The second-order valence-corrected chi connectivity index (χ2v) is 11.7. The number of urea groups is 1. The minimum atomic E-state index is -4.75. The van der Waals surface area contributed by atoms with Crippen LogP contribution in [0.4, 0.5) is 23.7 Å². The summed E-state index contributed by atoms with van der Waals surface area (Å²) in [6.07, 6.45) is -1.72. The van der Waals surface area contributed by atoms with Gasteiger partial charge in [-0.15, -0.1) is 18.3 Å². The molecule has 4 aromatic rings. The first kappa shape index (κ1) is 31.8. The fourth-order valence-electron chi connectivity index (χ4n) is 4.99. The van der Waals surface area contributed by atoms with Crippen molar-refractivity contribution >= 4 is 34.6 Å². The van der Waals surface area contributed by atoms with Crippen LogP contribution in [0.2, 0.25) is 0 Å². The molecule has 1 aliphatic rings. The monoisotopic (exact) mass is 636 g/mol. The number of aliphatic imine (C=N–C) groups is 1. The first-order valence-corrected chi connectivity index (χ1v) is 15.2. The maximum atomic E-state index is 12.6. The van der Waals surface area contributed by atoms with Gasteiger partial charge in [-0.2, -0.15) is 4.99 Å². The first-order valence-electron chi connectivity index (χ1n) is 14.2. The number of halogens is 3. The topological polar surface area (TPSA) is 102 Å². The summed E-state index contributed by atoms with van der Waals surface area (Å²) >= 11 is 1.26. The van der Waals surface area contributed by atoms with Crippen molar-refractivity contribution in [3.05, 3.63) is 89.7 Å². The molecule has 0 spiro atoms. The number of ether oxygens (including phenoxy) is 1. The molecule has 234 valence electrons. The molecule has 3 amide bonds. The van der Waals surface area contributed by atoms with Crippen molar-refractivity contribution in [3.63, 3.8) is 0 Å². The summed E-state index contributed by atoms with van der Waals surface area (Å²) in [7, 11) is 0. The van der Waals surface area contributed by atoms with Crippen LogP contribution >= 0.6 is 11.8 Å². The van der Waals surface area contributed by atoms with Gasteiger partial charge in [0.25, 0.3) is 0 Å². The maximum Gasteiger partial charge on any atom is 0.573 e. The molecule has 1 unspecified atom stereocenters. The van der Waals surface area contributed by atoms with Crippen molar-refractivity contribution in [1.29, 1.82) is 0 Å². The second-order valence-electron chi connectivity index (χ2n) is 10.7. The average Bonchev–Trinajstić information content (AvgIpc) is 3.61. The number of aryl methyl sites for hydroxylation is 2. The van der Waals surface area contributed by atoms with Crippen LogP contribution < -0.4 is 15.0 Å². The van der Waals surface area contributed by atoms with Crippen molar-refractivity contribution in [3.8, 4) is 22.8 Å². The van der Waals surface area contributed by atoms with E-state index in [1.54, 1.807) is 0 Å². The van der Waals surface area contributed by atoms with Crippen LogP contribution in [0.15, 0.2) is 78.0 Å². The molecule has 0 aliphatic carbocycles. The number of aromatic nitrogens is 3. The third kappa shape index (κ3) is 8.09.